The number of hydrogen-bond acceptors (Lipinski definition) is 10. The number of esters is 4. The molecule has 0 saturated heterocycles. The van der Waals surface area contributed by atoms with Crippen LogP contribution in [0, 0.1) is 10.8 Å². The highest BCUT2D eigenvalue weighted by atomic mass is 31.0. The highest BCUT2D eigenvalue weighted by Gasteiger charge is 2.27. The lowest BCUT2D eigenvalue weighted by Gasteiger charge is -2.21. The Morgan fingerprint density at radius 3 is 1.08 bits per heavy atom. The number of aliphatic carboxylic acids is 2. The highest BCUT2D eigenvalue weighted by molar-refractivity contribution is 6.92. The monoisotopic (exact) mass is 912 g/mol. The Balaban J connectivity index is -0.0000000804. The summed E-state index contributed by atoms with van der Waals surface area (Å²) in [6.45, 7) is 33.7. The van der Waals surface area contributed by atoms with E-state index in [1.807, 2.05) is 109 Å². The number of ether oxygens (including phenoxy) is 4. The van der Waals surface area contributed by atoms with Gasteiger partial charge in [0.25, 0.3) is 0 Å². The molecule has 0 fully saturated rings. The average molecular weight is 912 g/mol. The van der Waals surface area contributed by atoms with Gasteiger partial charge in [-0.25, -0.2) is 14.4 Å². The van der Waals surface area contributed by atoms with Crippen molar-refractivity contribution in [2.24, 2.45) is 10.8 Å². The Bertz CT molecular complexity index is 1570. The van der Waals surface area contributed by atoms with Gasteiger partial charge < -0.3 is 39.1 Å². The molecule has 0 aliphatic rings. The summed E-state index contributed by atoms with van der Waals surface area (Å²) in [7, 11) is 1.33. The van der Waals surface area contributed by atoms with Crippen LogP contribution in [0.3, 0.4) is 0 Å². The quantitative estimate of drug-likeness (QED) is 0.0841. The topological polar surface area (TPSA) is 180 Å². The largest absolute Gasteiger partial charge is 0.577 e. The number of benzene rings is 2. The van der Waals surface area contributed by atoms with Crippen molar-refractivity contribution in [1.29, 1.82) is 0 Å². The zero-order valence-electron chi connectivity index (χ0n) is 38.0. The molecule has 0 bridgehead atoms. The third-order valence-corrected chi connectivity index (χ3v) is 7.84. The first-order valence-electron chi connectivity index (χ1n) is 18.7. The van der Waals surface area contributed by atoms with Gasteiger partial charge >= 0.3 is 35.8 Å². The predicted octanol–water partition coefficient (Wildman–Crippen LogP) is 13.0. The van der Waals surface area contributed by atoms with Gasteiger partial charge in [-0.2, -0.15) is 0 Å². The van der Waals surface area contributed by atoms with Crippen LogP contribution in [-0.2, 0) is 60.9 Å². The molecule has 366 valence electrons. The molecule has 0 saturated carbocycles. The van der Waals surface area contributed by atoms with Gasteiger partial charge in [0.1, 0.15) is 18.8 Å². The predicted molar refractivity (Wildman–Crippen MR) is 265 cm³/mol. The van der Waals surface area contributed by atoms with E-state index in [1.54, 1.807) is 27.7 Å². The third kappa shape index (κ3) is 46.3. The molecule has 0 amide bonds. The molecule has 0 atom stereocenters. The molecule has 0 unspecified atom stereocenters. The summed E-state index contributed by atoms with van der Waals surface area (Å²) in [5, 5.41) is 16.3. The van der Waals surface area contributed by atoms with Crippen molar-refractivity contribution in [1.82, 2.24) is 0 Å². The van der Waals surface area contributed by atoms with Crippen molar-refractivity contribution in [2.45, 2.75) is 158 Å². The molecule has 2 aromatic rings. The van der Waals surface area contributed by atoms with Gasteiger partial charge in [-0.1, -0.05) is 131 Å². The van der Waals surface area contributed by atoms with E-state index in [2.05, 4.69) is 24.5 Å². The van der Waals surface area contributed by atoms with Crippen LogP contribution in [0.25, 0.3) is 0 Å². The van der Waals surface area contributed by atoms with Crippen molar-refractivity contribution in [3.8, 4) is 0 Å². The molecule has 0 aromatic heterocycles. The fourth-order valence-corrected chi connectivity index (χ4v) is 2.70. The lowest BCUT2D eigenvalue weighted by molar-refractivity contribution is -0.155. The number of carboxylic acid groups (broad SMARTS) is 2. The van der Waals surface area contributed by atoms with E-state index >= 15 is 0 Å². The standard InChI is InChI=1S/C13H18O2.C11H12O2.C7H14O2.C6H12O2.C5H8O2.C4H6O2.4CH4.H2P/c1-4-13(2,3)12(14)15-10-11-8-6-5-7-9-11;1-9(2)11(12)13-8-10-6-4-3-5-7-10;1-5-7(3,4)9-6(2)8;1-4-6(2,3)5(7)8;1-4(2)5(6)7-3;1-3(2)4(5)6;;;;;/h5-9H,4,10H2,1-3H3;3-7H,1,8H2,2H3;5H2,1-4H3;4H2,1-3H3,(H,7,8);1H2,2-3H3;1H2,2H3,(H,5,6);4*1H4;1H2/q;;;;;;;;;;-1. The van der Waals surface area contributed by atoms with Crippen molar-refractivity contribution in [3.63, 3.8) is 0 Å². The van der Waals surface area contributed by atoms with E-state index < -0.39 is 17.4 Å². The maximum atomic E-state index is 11.6. The highest BCUT2D eigenvalue weighted by Crippen LogP contribution is 2.22. The van der Waals surface area contributed by atoms with Crippen LogP contribution < -0.4 is 0 Å². The molecular weight excluding hydrogens is 824 g/mol. The lowest BCUT2D eigenvalue weighted by atomic mass is 9.91. The van der Waals surface area contributed by atoms with Crippen molar-refractivity contribution in [2.75, 3.05) is 7.11 Å². The smallest absolute Gasteiger partial charge is 0.333 e. The summed E-state index contributed by atoms with van der Waals surface area (Å²) in [5.74, 6) is -2.69. The van der Waals surface area contributed by atoms with Crippen molar-refractivity contribution < 1.29 is 57.9 Å². The first kappa shape index (κ1) is 78.4. The molecular formula is C50H88O12P-. The summed E-state index contributed by atoms with van der Waals surface area (Å²) < 4.78 is 19.4. The van der Waals surface area contributed by atoms with Gasteiger partial charge in [-0.3, -0.25) is 14.4 Å². The zero-order chi connectivity index (χ0) is 46.3. The number of carbonyl (C=O) groups excluding carboxylic acids is 4. The molecule has 0 heterocycles. The average Bonchev–Trinajstić information content (AvgIpc) is 3.16. The van der Waals surface area contributed by atoms with Crippen LogP contribution in [0.15, 0.2) is 97.1 Å². The Morgan fingerprint density at radius 2 is 0.889 bits per heavy atom. The second-order valence-electron chi connectivity index (χ2n) is 14.7. The molecule has 2 aromatic carbocycles. The molecule has 0 spiro atoms. The SMILES string of the molecule is C.C.C.C.C=C(C)C(=O)O.C=C(C)C(=O)OC.C=C(C)C(=O)OCc1ccccc1.CCC(C)(C)C(=O)O.CCC(C)(C)C(=O)OCc1ccccc1.CCC(C)(C)OC(C)=O.[PH2-]. The minimum Gasteiger partial charge on any atom is -0.577 e. The zero-order valence-corrected chi connectivity index (χ0v) is 39.1. The normalized spacial score (nSPS) is 9.17. The lowest BCUT2D eigenvalue weighted by Crippen LogP contribution is -2.25. The van der Waals surface area contributed by atoms with Gasteiger partial charge in [-0.15, -0.1) is 0 Å². The first-order valence-corrected chi connectivity index (χ1v) is 18.7. The number of hydrogen-bond donors (Lipinski definition) is 2. The second-order valence-corrected chi connectivity index (χ2v) is 14.7. The van der Waals surface area contributed by atoms with Gasteiger partial charge in [0.2, 0.25) is 0 Å². The Hall–Kier alpha value is -5.09. The second kappa shape index (κ2) is 42.2. The molecule has 0 radical (unpaired) electrons. The number of carbonyl (C=O) groups is 6. The number of rotatable bonds is 13. The molecule has 13 heteroatoms. The number of methoxy groups -OCH3 is 1. The van der Waals surface area contributed by atoms with Crippen LogP contribution >= 0.6 is 9.90 Å². The maximum Gasteiger partial charge on any atom is 0.333 e. The Labute approximate surface area is 386 Å². The van der Waals surface area contributed by atoms with E-state index in [0.29, 0.717) is 30.8 Å². The van der Waals surface area contributed by atoms with Crippen LogP contribution in [0.4, 0.5) is 0 Å². The molecule has 12 nitrogen and oxygen atoms in total. The van der Waals surface area contributed by atoms with Gasteiger partial charge in [0.05, 0.1) is 17.9 Å². The van der Waals surface area contributed by atoms with Crippen molar-refractivity contribution in [3.05, 3.63) is 108 Å². The fraction of sp³-hybridized carbons (Fsp3) is 0.520. The van der Waals surface area contributed by atoms with E-state index in [0.717, 1.165) is 24.0 Å². The van der Waals surface area contributed by atoms with Crippen LogP contribution in [0.5, 0.6) is 0 Å². The van der Waals surface area contributed by atoms with Gasteiger partial charge in [-0.05, 0) is 92.7 Å². The maximum absolute atomic E-state index is 11.6. The van der Waals surface area contributed by atoms with E-state index in [-0.39, 0.29) is 80.1 Å². The first-order chi connectivity index (χ1) is 26.6. The summed E-state index contributed by atoms with van der Waals surface area (Å²) in [5.41, 5.74) is 1.84. The van der Waals surface area contributed by atoms with Gasteiger partial charge in [0.15, 0.2) is 0 Å². The van der Waals surface area contributed by atoms with E-state index in [4.69, 9.17) is 24.4 Å². The molecule has 63 heavy (non-hydrogen) atoms. The molecule has 0 aliphatic carbocycles. The summed E-state index contributed by atoms with van der Waals surface area (Å²) in [4.78, 5) is 63.1. The Kier molecular flexibility index (Phi) is 52.5. The number of carboxylic acids is 2. The summed E-state index contributed by atoms with van der Waals surface area (Å²) >= 11 is 0. The van der Waals surface area contributed by atoms with Crippen LogP contribution in [0.1, 0.15) is 150 Å². The molecule has 0 aliphatic heterocycles. The summed E-state index contributed by atoms with van der Waals surface area (Å²) in [6, 6.07) is 19.3. The molecule has 2 N–H and O–H groups in total. The molecule has 2 rings (SSSR count). The fourth-order valence-electron chi connectivity index (χ4n) is 2.70. The van der Waals surface area contributed by atoms with Crippen LogP contribution in [0.2, 0.25) is 0 Å². The van der Waals surface area contributed by atoms with Crippen LogP contribution in [-0.4, -0.2) is 58.7 Å². The summed E-state index contributed by atoms with van der Waals surface area (Å²) in [6.07, 6.45) is 2.33. The Morgan fingerprint density at radius 1 is 0.556 bits per heavy atom. The third-order valence-electron chi connectivity index (χ3n) is 7.84. The minimum absolute atomic E-state index is 0. The van der Waals surface area contributed by atoms with E-state index in [9.17, 15) is 28.8 Å². The minimum atomic E-state index is -0.935. The van der Waals surface area contributed by atoms with Crippen molar-refractivity contribution >= 4 is 45.7 Å². The van der Waals surface area contributed by atoms with E-state index in [1.165, 1.54) is 21.0 Å². The van der Waals surface area contributed by atoms with Gasteiger partial charge in [0, 0.05) is 23.6 Å².